The molecule has 1 unspecified atom stereocenters. The molecule has 1 saturated heterocycles. The summed E-state index contributed by atoms with van der Waals surface area (Å²) < 4.78 is 5.68. The number of thiophene rings is 1. The van der Waals surface area contributed by atoms with Crippen LogP contribution in [0.3, 0.4) is 0 Å². The molecule has 1 aliphatic heterocycles. The average Bonchev–Trinajstić information content (AvgIpc) is 3.06. The van der Waals surface area contributed by atoms with E-state index in [0.717, 1.165) is 17.7 Å². The Morgan fingerprint density at radius 2 is 2.30 bits per heavy atom. The number of rotatable bonds is 5. The van der Waals surface area contributed by atoms with Gasteiger partial charge >= 0.3 is 5.97 Å². The van der Waals surface area contributed by atoms with Gasteiger partial charge in [0.15, 0.2) is 0 Å². The molecular weight excluding hydrogens is 316 g/mol. The number of likely N-dealkylation sites (N-methyl/N-ethyl adjacent to an activating group) is 1. The Kier molecular flexibility index (Phi) is 4.99. The molecule has 6 nitrogen and oxygen atoms in total. The van der Waals surface area contributed by atoms with Crippen LogP contribution in [0.15, 0.2) is 6.07 Å². The van der Waals surface area contributed by atoms with Gasteiger partial charge in [0.1, 0.15) is 0 Å². The minimum atomic E-state index is -0.857. The first kappa shape index (κ1) is 16.4. The highest BCUT2D eigenvalue weighted by molar-refractivity contribution is 7.14. The topological polar surface area (TPSA) is 70.1 Å². The summed E-state index contributed by atoms with van der Waals surface area (Å²) in [4.78, 5) is 29.2. The van der Waals surface area contributed by atoms with E-state index in [1.807, 2.05) is 4.90 Å². The fourth-order valence-corrected chi connectivity index (χ4v) is 4.47. The highest BCUT2D eigenvalue weighted by Gasteiger charge is 2.28. The first-order valence-electron chi connectivity index (χ1n) is 7.95. The second kappa shape index (κ2) is 6.98. The van der Waals surface area contributed by atoms with Crippen LogP contribution < -0.4 is 0 Å². The second-order valence-corrected chi connectivity index (χ2v) is 7.38. The number of carbonyl (C=O) groups excluding carboxylic acids is 1. The predicted octanol–water partition coefficient (Wildman–Crippen LogP) is 1.09. The molecule has 1 aliphatic carbocycles. The smallest absolute Gasteiger partial charge is 0.317 e. The lowest BCUT2D eigenvalue weighted by molar-refractivity contribution is -0.138. The summed E-state index contributed by atoms with van der Waals surface area (Å²) in [7, 11) is 1.75. The number of carboxylic acid groups (broad SMARTS) is 1. The van der Waals surface area contributed by atoms with Gasteiger partial charge in [-0.25, -0.2) is 0 Å². The number of nitrogens with zero attached hydrogens (tertiary/aromatic N) is 2. The lowest BCUT2D eigenvalue weighted by atomic mass is 10.2. The Balaban J connectivity index is 1.59. The van der Waals surface area contributed by atoms with Gasteiger partial charge in [-0.1, -0.05) is 0 Å². The number of amides is 1. The molecule has 1 fully saturated rings. The SMILES string of the molecule is CN(CC(=O)O)CC1CN(C(=O)c2cc3c(s2)CCC3)CCO1. The molecule has 0 radical (unpaired) electrons. The van der Waals surface area contributed by atoms with Gasteiger partial charge in [0.05, 0.1) is 24.1 Å². The van der Waals surface area contributed by atoms with Gasteiger partial charge in [-0.2, -0.15) is 0 Å². The number of hydrogen-bond acceptors (Lipinski definition) is 5. The molecule has 126 valence electrons. The molecule has 2 heterocycles. The molecule has 3 rings (SSSR count). The van der Waals surface area contributed by atoms with E-state index < -0.39 is 5.97 Å². The van der Waals surface area contributed by atoms with Gasteiger partial charge in [0.25, 0.3) is 5.91 Å². The number of aryl methyl sites for hydroxylation is 2. The molecule has 7 heteroatoms. The van der Waals surface area contributed by atoms with Gasteiger partial charge < -0.3 is 14.7 Å². The molecular formula is C16H22N2O4S. The van der Waals surface area contributed by atoms with Crippen LogP contribution in [-0.4, -0.2) is 72.7 Å². The lowest BCUT2D eigenvalue weighted by Gasteiger charge is -2.34. The molecule has 0 bridgehead atoms. The number of morpholine rings is 1. The van der Waals surface area contributed by atoms with Crippen molar-refractivity contribution >= 4 is 23.2 Å². The van der Waals surface area contributed by atoms with E-state index in [2.05, 4.69) is 6.07 Å². The Morgan fingerprint density at radius 1 is 1.48 bits per heavy atom. The number of carboxylic acids is 1. The largest absolute Gasteiger partial charge is 0.480 e. The van der Waals surface area contributed by atoms with Crippen LogP contribution >= 0.6 is 11.3 Å². The fraction of sp³-hybridized carbons (Fsp3) is 0.625. The molecule has 1 atom stereocenters. The van der Waals surface area contributed by atoms with E-state index >= 15 is 0 Å². The summed E-state index contributed by atoms with van der Waals surface area (Å²) >= 11 is 1.63. The normalized spacial score (nSPS) is 20.8. The average molecular weight is 338 g/mol. The number of carbonyl (C=O) groups is 2. The van der Waals surface area contributed by atoms with E-state index in [0.29, 0.717) is 26.2 Å². The van der Waals surface area contributed by atoms with Crippen molar-refractivity contribution < 1.29 is 19.4 Å². The summed E-state index contributed by atoms with van der Waals surface area (Å²) in [6.07, 6.45) is 3.25. The maximum Gasteiger partial charge on any atom is 0.317 e. The maximum atomic E-state index is 12.7. The minimum Gasteiger partial charge on any atom is -0.480 e. The molecule has 0 spiro atoms. The maximum absolute atomic E-state index is 12.7. The summed E-state index contributed by atoms with van der Waals surface area (Å²) in [6.45, 7) is 2.11. The summed E-state index contributed by atoms with van der Waals surface area (Å²) in [6, 6.07) is 2.05. The molecule has 1 aromatic rings. The summed E-state index contributed by atoms with van der Waals surface area (Å²) in [5.41, 5.74) is 1.34. The Morgan fingerprint density at radius 3 is 3.04 bits per heavy atom. The first-order valence-corrected chi connectivity index (χ1v) is 8.77. The number of fused-ring (bicyclic) bond motifs is 1. The molecule has 0 aromatic carbocycles. The van der Waals surface area contributed by atoms with Crippen molar-refractivity contribution in [2.24, 2.45) is 0 Å². The van der Waals surface area contributed by atoms with E-state index in [9.17, 15) is 9.59 Å². The van der Waals surface area contributed by atoms with Crippen molar-refractivity contribution in [1.82, 2.24) is 9.80 Å². The zero-order valence-electron chi connectivity index (χ0n) is 13.3. The zero-order valence-corrected chi connectivity index (χ0v) is 14.1. The fourth-order valence-electron chi connectivity index (χ4n) is 3.25. The Labute approximate surface area is 139 Å². The second-order valence-electron chi connectivity index (χ2n) is 6.25. The number of ether oxygens (including phenoxy) is 1. The van der Waals surface area contributed by atoms with E-state index in [1.54, 1.807) is 23.3 Å². The minimum absolute atomic E-state index is 0.0224. The van der Waals surface area contributed by atoms with Crippen LogP contribution in [0.2, 0.25) is 0 Å². The van der Waals surface area contributed by atoms with Crippen LogP contribution in [0.25, 0.3) is 0 Å². The number of aliphatic carboxylic acids is 1. The molecule has 23 heavy (non-hydrogen) atoms. The van der Waals surface area contributed by atoms with Crippen molar-refractivity contribution in [2.45, 2.75) is 25.4 Å². The van der Waals surface area contributed by atoms with Gasteiger partial charge in [-0.15, -0.1) is 11.3 Å². The third-order valence-electron chi connectivity index (χ3n) is 4.30. The molecule has 2 aliphatic rings. The highest BCUT2D eigenvalue weighted by atomic mass is 32.1. The van der Waals surface area contributed by atoms with Crippen LogP contribution in [-0.2, 0) is 22.4 Å². The third-order valence-corrected chi connectivity index (χ3v) is 5.53. The van der Waals surface area contributed by atoms with Crippen molar-refractivity contribution in [3.8, 4) is 0 Å². The quantitative estimate of drug-likeness (QED) is 0.870. The van der Waals surface area contributed by atoms with Crippen LogP contribution in [0.1, 0.15) is 26.5 Å². The zero-order chi connectivity index (χ0) is 16.4. The first-order chi connectivity index (χ1) is 11.0. The monoisotopic (exact) mass is 338 g/mol. The van der Waals surface area contributed by atoms with E-state index in [1.165, 1.54) is 16.9 Å². The van der Waals surface area contributed by atoms with Crippen molar-refractivity contribution in [1.29, 1.82) is 0 Å². The highest BCUT2D eigenvalue weighted by Crippen LogP contribution is 2.31. The van der Waals surface area contributed by atoms with Gasteiger partial charge in [0.2, 0.25) is 0 Å². The van der Waals surface area contributed by atoms with Crippen LogP contribution in [0.4, 0.5) is 0 Å². The lowest BCUT2D eigenvalue weighted by Crippen LogP contribution is -2.49. The van der Waals surface area contributed by atoms with Crippen LogP contribution in [0, 0.1) is 0 Å². The Hall–Kier alpha value is -1.44. The third kappa shape index (κ3) is 3.91. The van der Waals surface area contributed by atoms with Gasteiger partial charge in [0, 0.05) is 24.5 Å². The molecule has 1 amide bonds. The van der Waals surface area contributed by atoms with Gasteiger partial charge in [-0.3, -0.25) is 14.5 Å². The van der Waals surface area contributed by atoms with E-state index in [-0.39, 0.29) is 18.6 Å². The molecule has 0 saturated carbocycles. The predicted molar refractivity (Wildman–Crippen MR) is 87.1 cm³/mol. The molecule has 1 N–H and O–H groups in total. The van der Waals surface area contributed by atoms with Crippen molar-refractivity contribution in [3.05, 3.63) is 21.4 Å². The Bertz CT molecular complexity index is 579. The standard InChI is InChI=1S/C16H22N2O4S/c1-17(10-15(19)20)8-12-9-18(5-6-22-12)16(21)14-7-11-3-2-4-13(11)23-14/h7,12H,2-6,8-10H2,1H3,(H,19,20). The molecule has 1 aromatic heterocycles. The number of hydrogen-bond donors (Lipinski definition) is 1. The van der Waals surface area contributed by atoms with Crippen molar-refractivity contribution in [3.63, 3.8) is 0 Å². The van der Waals surface area contributed by atoms with Crippen molar-refractivity contribution in [2.75, 3.05) is 39.8 Å². The van der Waals surface area contributed by atoms with Gasteiger partial charge in [-0.05, 0) is 37.9 Å². The van der Waals surface area contributed by atoms with E-state index in [4.69, 9.17) is 9.84 Å². The van der Waals surface area contributed by atoms with Crippen LogP contribution in [0.5, 0.6) is 0 Å². The summed E-state index contributed by atoms with van der Waals surface area (Å²) in [5.74, 6) is -0.775. The summed E-state index contributed by atoms with van der Waals surface area (Å²) in [5, 5.41) is 8.81.